The quantitative estimate of drug-likeness (QED) is 0.312. The van der Waals surface area contributed by atoms with E-state index in [9.17, 15) is 4.79 Å². The van der Waals surface area contributed by atoms with Crippen molar-refractivity contribution >= 4 is 33.0 Å². The molecule has 0 atom stereocenters. The Morgan fingerprint density at radius 1 is 1.26 bits per heavy atom. The summed E-state index contributed by atoms with van der Waals surface area (Å²) in [4.78, 5) is 17.8. The van der Waals surface area contributed by atoms with Gasteiger partial charge in [-0.3, -0.25) is 4.79 Å². The molecular weight excluding hydrogens is 458 g/mol. The van der Waals surface area contributed by atoms with Crippen molar-refractivity contribution in [2.45, 2.75) is 33.1 Å². The van der Waals surface area contributed by atoms with E-state index in [2.05, 4.69) is 32.6 Å². The summed E-state index contributed by atoms with van der Waals surface area (Å²) in [6.07, 6.45) is 5.58. The summed E-state index contributed by atoms with van der Waals surface area (Å²) in [5.74, 6) is 1.94. The number of benzene rings is 2. The fourth-order valence-corrected chi connectivity index (χ4v) is 3.71. The van der Waals surface area contributed by atoms with Gasteiger partial charge in [0.1, 0.15) is 5.82 Å². The second-order valence-corrected chi connectivity index (χ2v) is 7.85. The van der Waals surface area contributed by atoms with Crippen LogP contribution in [0.5, 0.6) is 11.5 Å². The number of methoxy groups -OCH3 is 1. The maximum Gasteiger partial charge on any atom is 0.282 e. The van der Waals surface area contributed by atoms with Crippen molar-refractivity contribution in [1.29, 1.82) is 0 Å². The van der Waals surface area contributed by atoms with Gasteiger partial charge in [0.05, 0.1) is 30.8 Å². The highest BCUT2D eigenvalue weighted by atomic mass is 79.9. The Morgan fingerprint density at radius 3 is 2.74 bits per heavy atom. The second kappa shape index (κ2) is 10.4. The van der Waals surface area contributed by atoms with Crippen LogP contribution in [0.2, 0.25) is 0 Å². The first-order valence-electron chi connectivity index (χ1n) is 10.2. The van der Waals surface area contributed by atoms with Gasteiger partial charge in [-0.05, 0) is 55.7 Å². The van der Waals surface area contributed by atoms with Crippen molar-refractivity contribution < 1.29 is 9.47 Å². The van der Waals surface area contributed by atoms with Gasteiger partial charge in [0.25, 0.3) is 5.56 Å². The van der Waals surface area contributed by atoms with Crippen molar-refractivity contribution in [2.75, 3.05) is 13.7 Å². The molecule has 6 nitrogen and oxygen atoms in total. The second-order valence-electron chi connectivity index (χ2n) is 6.94. The molecule has 0 saturated heterocycles. The molecule has 0 N–H and O–H groups in total. The summed E-state index contributed by atoms with van der Waals surface area (Å²) in [5, 5.41) is 5.02. The smallest absolute Gasteiger partial charge is 0.282 e. The molecule has 2 aromatic carbocycles. The predicted octanol–water partition coefficient (Wildman–Crippen LogP) is 5.13. The maximum atomic E-state index is 13.2. The molecule has 31 heavy (non-hydrogen) atoms. The number of hydrogen-bond acceptors (Lipinski definition) is 5. The van der Waals surface area contributed by atoms with Gasteiger partial charge in [-0.2, -0.15) is 9.78 Å². The van der Waals surface area contributed by atoms with Crippen molar-refractivity contribution in [1.82, 2.24) is 9.66 Å². The Bertz CT molecular complexity index is 1180. The lowest BCUT2D eigenvalue weighted by molar-refractivity contribution is 0.308. The average molecular weight is 484 g/mol. The van der Waals surface area contributed by atoms with E-state index in [0.717, 1.165) is 22.0 Å². The van der Waals surface area contributed by atoms with Crippen LogP contribution >= 0.6 is 15.9 Å². The number of halogens is 1. The molecule has 162 valence electrons. The molecule has 3 rings (SSSR count). The first kappa shape index (κ1) is 22.7. The molecule has 0 radical (unpaired) electrons. The van der Waals surface area contributed by atoms with Gasteiger partial charge < -0.3 is 9.47 Å². The minimum Gasteiger partial charge on any atom is -0.493 e. The number of fused-ring (bicyclic) bond motifs is 1. The van der Waals surface area contributed by atoms with E-state index in [4.69, 9.17) is 9.47 Å². The largest absolute Gasteiger partial charge is 0.493 e. The molecule has 0 bridgehead atoms. The van der Waals surface area contributed by atoms with Gasteiger partial charge in [-0.1, -0.05) is 28.9 Å². The van der Waals surface area contributed by atoms with Crippen LogP contribution in [0.4, 0.5) is 0 Å². The number of allylic oxidation sites excluding steroid dienone is 1. The summed E-state index contributed by atoms with van der Waals surface area (Å²) in [6, 6.07) is 9.30. The molecule has 7 heteroatoms. The predicted molar refractivity (Wildman–Crippen MR) is 129 cm³/mol. The zero-order valence-corrected chi connectivity index (χ0v) is 19.6. The molecule has 0 fully saturated rings. The Hall–Kier alpha value is -2.93. The number of nitrogens with zero attached hydrogens (tertiary/aromatic N) is 3. The number of rotatable bonds is 9. The van der Waals surface area contributed by atoms with Gasteiger partial charge in [0.15, 0.2) is 11.5 Å². The maximum absolute atomic E-state index is 13.2. The first-order valence-corrected chi connectivity index (χ1v) is 11.0. The molecule has 0 unspecified atom stereocenters. The lowest BCUT2D eigenvalue weighted by atomic mass is 10.1. The third-order valence-electron chi connectivity index (χ3n) is 4.70. The van der Waals surface area contributed by atoms with Crippen molar-refractivity contribution in [3.8, 4) is 11.5 Å². The lowest BCUT2D eigenvalue weighted by Crippen LogP contribution is -2.22. The van der Waals surface area contributed by atoms with Crippen molar-refractivity contribution in [3.05, 3.63) is 74.8 Å². The summed E-state index contributed by atoms with van der Waals surface area (Å²) in [6.45, 7) is 8.33. The van der Waals surface area contributed by atoms with Crippen LogP contribution in [0.3, 0.4) is 0 Å². The highest BCUT2D eigenvalue weighted by Gasteiger charge is 2.13. The van der Waals surface area contributed by atoms with E-state index in [1.807, 2.05) is 44.2 Å². The number of aromatic nitrogens is 2. The van der Waals surface area contributed by atoms with Crippen LogP contribution in [0, 0.1) is 0 Å². The minimum atomic E-state index is -0.199. The van der Waals surface area contributed by atoms with E-state index in [-0.39, 0.29) is 5.56 Å². The van der Waals surface area contributed by atoms with E-state index in [1.165, 1.54) is 4.68 Å². The summed E-state index contributed by atoms with van der Waals surface area (Å²) >= 11 is 3.43. The monoisotopic (exact) mass is 483 g/mol. The number of hydrogen-bond donors (Lipinski definition) is 0. The van der Waals surface area contributed by atoms with Crippen molar-refractivity contribution in [2.24, 2.45) is 5.10 Å². The van der Waals surface area contributed by atoms with Gasteiger partial charge in [-0.15, -0.1) is 6.58 Å². The fourth-order valence-electron chi connectivity index (χ4n) is 3.35. The van der Waals surface area contributed by atoms with E-state index in [1.54, 1.807) is 19.4 Å². The summed E-state index contributed by atoms with van der Waals surface area (Å²) in [7, 11) is 1.60. The first-order chi connectivity index (χ1) is 15.0. The Labute approximate surface area is 190 Å². The average Bonchev–Trinajstić information content (AvgIpc) is 2.76. The normalized spacial score (nSPS) is 11.2. The van der Waals surface area contributed by atoms with Crippen LogP contribution < -0.4 is 15.0 Å². The molecular formula is C24H26BrN3O3. The third kappa shape index (κ3) is 5.05. The molecule has 0 aliphatic heterocycles. The SMILES string of the molecule is C=CCc1cc(C=Nn2c(CCC)nc3ccc(Br)cc3c2=O)cc(OC)c1OCC. The number of aryl methyl sites for hydroxylation is 1. The molecule has 0 saturated carbocycles. The molecule has 0 spiro atoms. The third-order valence-corrected chi connectivity index (χ3v) is 5.19. The molecule has 1 heterocycles. The minimum absolute atomic E-state index is 0.199. The molecule has 1 aromatic heterocycles. The zero-order valence-electron chi connectivity index (χ0n) is 18.0. The van der Waals surface area contributed by atoms with Crippen LogP contribution in [0.15, 0.2) is 57.4 Å². The van der Waals surface area contributed by atoms with Crippen molar-refractivity contribution in [3.63, 3.8) is 0 Å². The standard InChI is InChI=1S/C24H26BrN3O3/c1-5-8-17-12-16(13-21(30-4)23(17)31-7-3)15-26-28-22(9-6-2)27-20-11-10-18(25)14-19(20)24(28)29/h5,10-15H,1,6-9H2,2-4H3. The number of ether oxygens (including phenoxy) is 2. The molecule has 0 aliphatic rings. The highest BCUT2D eigenvalue weighted by Crippen LogP contribution is 2.33. The lowest BCUT2D eigenvalue weighted by Gasteiger charge is -2.14. The summed E-state index contributed by atoms with van der Waals surface area (Å²) < 4.78 is 13.5. The molecule has 0 amide bonds. The Balaban J connectivity index is 2.13. The Kier molecular flexibility index (Phi) is 7.63. The zero-order chi connectivity index (χ0) is 22.4. The van der Waals surface area contributed by atoms with Gasteiger partial charge in [0, 0.05) is 16.5 Å². The van der Waals surface area contributed by atoms with E-state index >= 15 is 0 Å². The van der Waals surface area contributed by atoms with Crippen LogP contribution in [0.25, 0.3) is 10.9 Å². The molecule has 0 aliphatic carbocycles. The molecule has 3 aromatic rings. The van der Waals surface area contributed by atoms with Gasteiger partial charge >= 0.3 is 0 Å². The van der Waals surface area contributed by atoms with E-state index < -0.39 is 0 Å². The van der Waals surface area contributed by atoms with Crippen LogP contribution in [-0.2, 0) is 12.8 Å². The topological polar surface area (TPSA) is 65.7 Å². The van der Waals surface area contributed by atoms with Crippen LogP contribution in [-0.4, -0.2) is 29.6 Å². The van der Waals surface area contributed by atoms with Gasteiger partial charge in [-0.25, -0.2) is 4.98 Å². The van der Waals surface area contributed by atoms with Gasteiger partial charge in [0.2, 0.25) is 0 Å². The van der Waals surface area contributed by atoms with E-state index in [0.29, 0.717) is 47.7 Å². The Morgan fingerprint density at radius 2 is 2.06 bits per heavy atom. The van der Waals surface area contributed by atoms with Crippen LogP contribution in [0.1, 0.15) is 37.2 Å². The fraction of sp³-hybridized carbons (Fsp3) is 0.292. The highest BCUT2D eigenvalue weighted by molar-refractivity contribution is 9.10. The summed E-state index contributed by atoms with van der Waals surface area (Å²) in [5.41, 5.74) is 2.20.